The molecule has 0 radical (unpaired) electrons. The number of amides is 1. The largest absolute Gasteiger partial charge is 0.353 e. The summed E-state index contributed by atoms with van der Waals surface area (Å²) in [6, 6.07) is 2.21. The third-order valence-corrected chi connectivity index (χ3v) is 5.52. The minimum atomic E-state index is -0.132. The van der Waals surface area contributed by atoms with Crippen molar-refractivity contribution in [2.45, 2.75) is 25.8 Å². The maximum atomic E-state index is 11.9. The molecule has 1 saturated heterocycles. The molecule has 0 bridgehead atoms. The molecule has 1 N–H and O–H groups in total. The van der Waals surface area contributed by atoms with Gasteiger partial charge in [0, 0.05) is 26.1 Å². The first-order valence-corrected chi connectivity index (χ1v) is 8.23. The minimum absolute atomic E-state index is 0.0194. The highest BCUT2D eigenvalue weighted by Gasteiger charge is 2.21. The molecule has 0 atom stereocenters. The van der Waals surface area contributed by atoms with Crippen molar-refractivity contribution in [3.63, 3.8) is 0 Å². The second-order valence-electron chi connectivity index (χ2n) is 4.88. The van der Waals surface area contributed by atoms with Gasteiger partial charge in [0.05, 0.1) is 4.70 Å². The molecule has 1 aliphatic rings. The molecule has 2 aromatic heterocycles. The van der Waals surface area contributed by atoms with Crippen molar-refractivity contribution in [3.05, 3.63) is 21.8 Å². The highest BCUT2D eigenvalue weighted by molar-refractivity contribution is 7.27. The van der Waals surface area contributed by atoms with Gasteiger partial charge in [0.2, 0.25) is 5.91 Å². The number of aromatic nitrogens is 1. The van der Waals surface area contributed by atoms with Crippen molar-refractivity contribution in [2.24, 2.45) is 0 Å². The Labute approximate surface area is 124 Å². The zero-order valence-corrected chi connectivity index (χ0v) is 12.7. The van der Waals surface area contributed by atoms with Crippen LogP contribution in [0.5, 0.6) is 0 Å². The average Bonchev–Trinajstić information content (AvgIpc) is 2.87. The molecule has 7 heteroatoms. The minimum Gasteiger partial charge on any atom is -0.353 e. The van der Waals surface area contributed by atoms with Crippen LogP contribution in [-0.2, 0) is 4.79 Å². The fourth-order valence-corrected chi connectivity index (χ4v) is 4.41. The van der Waals surface area contributed by atoms with Gasteiger partial charge in [0.25, 0.3) is 5.56 Å². The monoisotopic (exact) mass is 309 g/mol. The molecule has 1 amide bonds. The number of piperidine rings is 1. The predicted octanol–water partition coefficient (Wildman–Crippen LogP) is 1.82. The molecule has 3 rings (SSSR count). The molecule has 0 saturated carbocycles. The van der Waals surface area contributed by atoms with Crippen LogP contribution in [0.1, 0.15) is 19.8 Å². The Morgan fingerprint density at radius 1 is 1.45 bits per heavy atom. The molecule has 1 fully saturated rings. The summed E-state index contributed by atoms with van der Waals surface area (Å²) in [6.45, 7) is 3.19. The number of carbonyl (C=O) groups excluding carboxylic acids is 1. The lowest BCUT2D eigenvalue weighted by Crippen LogP contribution is -2.44. The molecular formula is C13H15N3O2S2. The summed E-state index contributed by atoms with van der Waals surface area (Å²) in [5.74, 6) is 0.0194. The van der Waals surface area contributed by atoms with Gasteiger partial charge in [-0.1, -0.05) is 11.3 Å². The van der Waals surface area contributed by atoms with E-state index in [1.54, 1.807) is 18.3 Å². The highest BCUT2D eigenvalue weighted by Crippen LogP contribution is 2.28. The van der Waals surface area contributed by atoms with Crippen LogP contribution >= 0.6 is 22.7 Å². The molecule has 2 aromatic rings. The lowest BCUT2D eigenvalue weighted by Gasteiger charge is -2.32. The molecular weight excluding hydrogens is 294 g/mol. The van der Waals surface area contributed by atoms with Gasteiger partial charge in [-0.15, -0.1) is 11.3 Å². The Morgan fingerprint density at radius 3 is 2.90 bits per heavy atom. The molecule has 3 heterocycles. The van der Waals surface area contributed by atoms with Gasteiger partial charge in [-0.25, -0.2) is 0 Å². The molecule has 0 unspecified atom stereocenters. The number of hydrogen-bond acceptors (Lipinski definition) is 6. The van der Waals surface area contributed by atoms with Crippen molar-refractivity contribution in [3.8, 4) is 0 Å². The number of nitrogens with one attached hydrogen (secondary N) is 1. The molecule has 20 heavy (non-hydrogen) atoms. The quantitative estimate of drug-likeness (QED) is 0.919. The van der Waals surface area contributed by atoms with Crippen LogP contribution < -0.4 is 15.8 Å². The zero-order valence-electron chi connectivity index (χ0n) is 11.1. The van der Waals surface area contributed by atoms with Gasteiger partial charge in [0.15, 0.2) is 5.13 Å². The van der Waals surface area contributed by atoms with Gasteiger partial charge in [-0.3, -0.25) is 9.59 Å². The smallest absolute Gasteiger partial charge is 0.291 e. The fraction of sp³-hybridized carbons (Fsp3) is 0.462. The summed E-state index contributed by atoms with van der Waals surface area (Å²) in [6.07, 6.45) is 1.79. The van der Waals surface area contributed by atoms with Crippen LogP contribution in [0.15, 0.2) is 16.2 Å². The van der Waals surface area contributed by atoms with E-state index >= 15 is 0 Å². The van der Waals surface area contributed by atoms with Crippen molar-refractivity contribution in [2.75, 3.05) is 18.0 Å². The van der Waals surface area contributed by atoms with E-state index in [1.807, 2.05) is 11.4 Å². The SMILES string of the molecule is CC(=O)NC1CCN(c2nc(=O)c3sccc3s2)CC1. The second kappa shape index (κ2) is 5.49. The van der Waals surface area contributed by atoms with E-state index in [1.165, 1.54) is 11.3 Å². The summed E-state index contributed by atoms with van der Waals surface area (Å²) >= 11 is 3.01. The van der Waals surface area contributed by atoms with Crippen LogP contribution in [-0.4, -0.2) is 30.0 Å². The number of anilines is 1. The second-order valence-corrected chi connectivity index (χ2v) is 6.80. The molecule has 0 aliphatic carbocycles. The van der Waals surface area contributed by atoms with E-state index in [0.717, 1.165) is 40.5 Å². The highest BCUT2D eigenvalue weighted by atomic mass is 32.1. The molecule has 1 aliphatic heterocycles. The molecule has 5 nitrogen and oxygen atoms in total. The number of thiophene rings is 1. The predicted molar refractivity (Wildman–Crippen MR) is 82.8 cm³/mol. The number of hydrogen-bond donors (Lipinski definition) is 1. The van der Waals surface area contributed by atoms with Crippen LogP contribution in [0.4, 0.5) is 5.13 Å². The van der Waals surface area contributed by atoms with Gasteiger partial charge in [-0.2, -0.15) is 4.98 Å². The Morgan fingerprint density at radius 2 is 2.20 bits per heavy atom. The third-order valence-electron chi connectivity index (χ3n) is 3.39. The number of rotatable bonds is 2. The van der Waals surface area contributed by atoms with Crippen molar-refractivity contribution in [1.29, 1.82) is 0 Å². The standard InChI is InChI=1S/C13H15N3O2S2/c1-8(17)14-9-2-5-16(6-3-9)13-15-12(18)11-10(20-13)4-7-19-11/h4,7,9H,2-3,5-6H2,1H3,(H,14,17). The van der Waals surface area contributed by atoms with Crippen molar-refractivity contribution in [1.82, 2.24) is 10.3 Å². The van der Waals surface area contributed by atoms with E-state index < -0.39 is 0 Å². The average molecular weight is 309 g/mol. The van der Waals surface area contributed by atoms with E-state index in [4.69, 9.17) is 0 Å². The van der Waals surface area contributed by atoms with Crippen LogP contribution in [0.2, 0.25) is 0 Å². The van der Waals surface area contributed by atoms with E-state index in [2.05, 4.69) is 15.2 Å². The van der Waals surface area contributed by atoms with Crippen LogP contribution in [0.3, 0.4) is 0 Å². The maximum Gasteiger partial charge on any atom is 0.291 e. The lowest BCUT2D eigenvalue weighted by molar-refractivity contribution is -0.119. The lowest BCUT2D eigenvalue weighted by atomic mass is 10.1. The summed E-state index contributed by atoms with van der Waals surface area (Å²) in [5.41, 5.74) is -0.132. The maximum absolute atomic E-state index is 11.9. The van der Waals surface area contributed by atoms with Gasteiger partial charge in [-0.05, 0) is 24.3 Å². The van der Waals surface area contributed by atoms with Gasteiger partial charge in [0.1, 0.15) is 4.70 Å². The first-order chi connectivity index (χ1) is 9.63. The van der Waals surface area contributed by atoms with E-state index in [-0.39, 0.29) is 17.5 Å². The van der Waals surface area contributed by atoms with Gasteiger partial charge < -0.3 is 10.2 Å². The number of nitrogens with zero attached hydrogens (tertiary/aromatic N) is 2. The van der Waals surface area contributed by atoms with Crippen molar-refractivity contribution < 1.29 is 4.79 Å². The Bertz CT molecular complexity index is 686. The topological polar surface area (TPSA) is 62.3 Å². The first kappa shape index (κ1) is 13.5. The summed E-state index contributed by atoms with van der Waals surface area (Å²) in [5, 5.41) is 5.67. The Hall–Kier alpha value is -1.47. The van der Waals surface area contributed by atoms with E-state index in [9.17, 15) is 9.59 Å². The van der Waals surface area contributed by atoms with Crippen molar-refractivity contribution >= 4 is 43.1 Å². The Balaban J connectivity index is 1.76. The zero-order chi connectivity index (χ0) is 14.1. The van der Waals surface area contributed by atoms with Gasteiger partial charge >= 0.3 is 0 Å². The fourth-order valence-electron chi connectivity index (χ4n) is 2.43. The first-order valence-electron chi connectivity index (χ1n) is 6.54. The summed E-state index contributed by atoms with van der Waals surface area (Å²) < 4.78 is 1.75. The van der Waals surface area contributed by atoms with Crippen LogP contribution in [0, 0.1) is 0 Å². The summed E-state index contributed by atoms with van der Waals surface area (Å²) in [4.78, 5) is 29.3. The van der Waals surface area contributed by atoms with E-state index in [0.29, 0.717) is 0 Å². The normalized spacial score (nSPS) is 16.6. The Kier molecular flexibility index (Phi) is 3.71. The number of carbonyl (C=O) groups is 1. The number of fused-ring (bicyclic) bond motifs is 1. The summed E-state index contributed by atoms with van der Waals surface area (Å²) in [7, 11) is 0. The molecule has 0 aromatic carbocycles. The van der Waals surface area contributed by atoms with Crippen LogP contribution in [0.25, 0.3) is 9.40 Å². The molecule has 106 valence electrons. The molecule has 0 spiro atoms. The third kappa shape index (κ3) is 2.69.